The number of methoxy groups -OCH3 is 1. The molecule has 16 heavy (non-hydrogen) atoms. The van der Waals surface area contributed by atoms with Crippen LogP contribution < -0.4 is 0 Å². The smallest absolute Gasteiger partial charge is 0.0462 e. The zero-order chi connectivity index (χ0) is 12.1. The van der Waals surface area contributed by atoms with E-state index in [1.54, 1.807) is 7.11 Å². The molecule has 0 saturated heterocycles. The summed E-state index contributed by atoms with van der Waals surface area (Å²) in [6.07, 6.45) is 11.1. The molecule has 1 heteroatoms. The molecule has 0 N–H and O–H groups in total. The number of ether oxygens (including phenoxy) is 1. The Labute approximate surface area is 102 Å². The summed E-state index contributed by atoms with van der Waals surface area (Å²) >= 11 is 0. The zero-order valence-electron chi connectivity index (χ0n) is 11.8. The second-order valence-electron chi connectivity index (χ2n) is 6.46. The summed E-state index contributed by atoms with van der Waals surface area (Å²) < 4.78 is 5.13. The topological polar surface area (TPSA) is 9.23 Å². The normalized spacial score (nSPS) is 21.0. The minimum absolute atomic E-state index is 0.501. The van der Waals surface area contributed by atoms with Crippen molar-refractivity contribution in [2.75, 3.05) is 13.7 Å². The molecule has 0 aromatic rings. The molecule has 0 aromatic carbocycles. The van der Waals surface area contributed by atoms with E-state index in [1.807, 2.05) is 0 Å². The summed E-state index contributed by atoms with van der Waals surface area (Å²) in [4.78, 5) is 0. The van der Waals surface area contributed by atoms with Crippen molar-refractivity contribution in [2.24, 2.45) is 10.8 Å². The number of unbranched alkanes of at least 4 members (excludes halogenated alkanes) is 1. The molecule has 1 saturated carbocycles. The van der Waals surface area contributed by atoms with E-state index in [0.29, 0.717) is 10.8 Å². The molecule has 0 bridgehead atoms. The van der Waals surface area contributed by atoms with Crippen molar-refractivity contribution in [3.8, 4) is 0 Å². The average molecular weight is 226 g/mol. The maximum absolute atomic E-state index is 5.13. The Morgan fingerprint density at radius 3 is 2.25 bits per heavy atom. The Kier molecular flexibility index (Phi) is 5.30. The summed E-state index contributed by atoms with van der Waals surface area (Å²) in [7, 11) is 1.80. The molecule has 0 atom stereocenters. The van der Waals surface area contributed by atoms with Crippen LogP contribution in [0.15, 0.2) is 0 Å². The first-order valence-corrected chi connectivity index (χ1v) is 7.01. The highest BCUT2D eigenvalue weighted by atomic mass is 16.5. The van der Waals surface area contributed by atoms with Gasteiger partial charge in [0, 0.05) is 13.7 Å². The van der Waals surface area contributed by atoms with Gasteiger partial charge in [-0.05, 0) is 36.5 Å². The summed E-state index contributed by atoms with van der Waals surface area (Å²) in [5.41, 5.74) is 1.08. The van der Waals surface area contributed by atoms with E-state index in [9.17, 15) is 0 Å². The van der Waals surface area contributed by atoms with Gasteiger partial charge in [0.25, 0.3) is 0 Å². The van der Waals surface area contributed by atoms with Crippen LogP contribution in [0.3, 0.4) is 0 Å². The van der Waals surface area contributed by atoms with Gasteiger partial charge in [-0.1, -0.05) is 46.5 Å². The van der Waals surface area contributed by atoms with Crippen LogP contribution in [0.1, 0.15) is 72.1 Å². The third-order valence-electron chi connectivity index (χ3n) is 4.99. The van der Waals surface area contributed by atoms with Gasteiger partial charge in [0.15, 0.2) is 0 Å². The molecule has 0 aromatic heterocycles. The molecule has 96 valence electrons. The van der Waals surface area contributed by atoms with Crippen LogP contribution in [-0.2, 0) is 4.74 Å². The van der Waals surface area contributed by atoms with Crippen molar-refractivity contribution >= 4 is 0 Å². The summed E-state index contributed by atoms with van der Waals surface area (Å²) in [6, 6.07) is 0. The lowest BCUT2D eigenvalue weighted by Crippen LogP contribution is -2.37. The lowest BCUT2D eigenvalue weighted by molar-refractivity contribution is 0.0324. The molecular weight excluding hydrogens is 196 g/mol. The molecule has 0 heterocycles. The lowest BCUT2D eigenvalue weighted by Gasteiger charge is -2.47. The van der Waals surface area contributed by atoms with E-state index in [2.05, 4.69) is 20.8 Å². The third kappa shape index (κ3) is 3.48. The highest BCUT2D eigenvalue weighted by Crippen LogP contribution is 2.51. The first-order valence-electron chi connectivity index (χ1n) is 7.01. The standard InChI is InChI=1S/C15H30O/c1-14(2,10-8-9-13-16-4)15(3)11-6-5-7-12-15/h5-13H2,1-4H3. The van der Waals surface area contributed by atoms with E-state index in [1.165, 1.54) is 51.4 Å². The average Bonchev–Trinajstić information content (AvgIpc) is 2.25. The van der Waals surface area contributed by atoms with Crippen LogP contribution in [0, 0.1) is 10.8 Å². The summed E-state index contributed by atoms with van der Waals surface area (Å²) in [5.74, 6) is 0. The Hall–Kier alpha value is -0.0400. The largest absolute Gasteiger partial charge is 0.385 e. The predicted molar refractivity (Wildman–Crippen MR) is 70.7 cm³/mol. The predicted octanol–water partition coefficient (Wildman–Crippen LogP) is 4.80. The molecule has 1 aliphatic rings. The van der Waals surface area contributed by atoms with Gasteiger partial charge in [0.2, 0.25) is 0 Å². The number of hydrogen-bond donors (Lipinski definition) is 0. The van der Waals surface area contributed by atoms with Gasteiger partial charge >= 0.3 is 0 Å². The van der Waals surface area contributed by atoms with Gasteiger partial charge in [-0.3, -0.25) is 0 Å². The van der Waals surface area contributed by atoms with Crippen LogP contribution in [0.4, 0.5) is 0 Å². The van der Waals surface area contributed by atoms with E-state index < -0.39 is 0 Å². The van der Waals surface area contributed by atoms with Crippen LogP contribution in [0.2, 0.25) is 0 Å². The van der Waals surface area contributed by atoms with Crippen LogP contribution >= 0.6 is 0 Å². The number of hydrogen-bond acceptors (Lipinski definition) is 1. The molecule has 1 aliphatic carbocycles. The van der Waals surface area contributed by atoms with E-state index in [0.717, 1.165) is 6.61 Å². The van der Waals surface area contributed by atoms with Gasteiger partial charge < -0.3 is 4.74 Å². The van der Waals surface area contributed by atoms with Crippen LogP contribution in [0.25, 0.3) is 0 Å². The van der Waals surface area contributed by atoms with Gasteiger partial charge in [0.1, 0.15) is 0 Å². The van der Waals surface area contributed by atoms with Gasteiger partial charge in [-0.25, -0.2) is 0 Å². The van der Waals surface area contributed by atoms with Crippen molar-refractivity contribution < 1.29 is 4.74 Å². The maximum Gasteiger partial charge on any atom is 0.0462 e. The first-order chi connectivity index (χ1) is 7.52. The van der Waals surface area contributed by atoms with Crippen molar-refractivity contribution in [2.45, 2.75) is 72.1 Å². The molecular formula is C15H30O. The van der Waals surface area contributed by atoms with Gasteiger partial charge in [-0.15, -0.1) is 0 Å². The molecule has 1 fully saturated rings. The van der Waals surface area contributed by atoms with Crippen LogP contribution in [0.5, 0.6) is 0 Å². The minimum atomic E-state index is 0.501. The van der Waals surface area contributed by atoms with Crippen molar-refractivity contribution in [1.29, 1.82) is 0 Å². The molecule has 0 radical (unpaired) electrons. The fourth-order valence-corrected chi connectivity index (χ4v) is 3.12. The quantitative estimate of drug-likeness (QED) is 0.591. The van der Waals surface area contributed by atoms with Gasteiger partial charge in [-0.2, -0.15) is 0 Å². The molecule has 0 aliphatic heterocycles. The van der Waals surface area contributed by atoms with Crippen molar-refractivity contribution in [1.82, 2.24) is 0 Å². The van der Waals surface area contributed by atoms with Crippen LogP contribution in [-0.4, -0.2) is 13.7 Å². The molecule has 0 spiro atoms. The molecule has 0 amide bonds. The van der Waals surface area contributed by atoms with Gasteiger partial charge in [0.05, 0.1) is 0 Å². The van der Waals surface area contributed by atoms with Crippen molar-refractivity contribution in [3.05, 3.63) is 0 Å². The lowest BCUT2D eigenvalue weighted by atomic mass is 9.58. The second kappa shape index (κ2) is 6.05. The SMILES string of the molecule is COCCCCC(C)(C)C1(C)CCCCC1. The molecule has 0 unspecified atom stereocenters. The highest BCUT2D eigenvalue weighted by Gasteiger charge is 2.40. The monoisotopic (exact) mass is 226 g/mol. The maximum atomic E-state index is 5.13. The fraction of sp³-hybridized carbons (Fsp3) is 1.00. The summed E-state index contributed by atoms with van der Waals surface area (Å²) in [5, 5.41) is 0. The second-order valence-corrected chi connectivity index (χ2v) is 6.46. The van der Waals surface area contributed by atoms with E-state index in [4.69, 9.17) is 4.74 Å². The highest BCUT2D eigenvalue weighted by molar-refractivity contribution is 4.91. The Bertz CT molecular complexity index is 190. The van der Waals surface area contributed by atoms with E-state index >= 15 is 0 Å². The molecule has 1 rings (SSSR count). The minimum Gasteiger partial charge on any atom is -0.385 e. The van der Waals surface area contributed by atoms with E-state index in [-0.39, 0.29) is 0 Å². The zero-order valence-corrected chi connectivity index (χ0v) is 11.8. The first kappa shape index (κ1) is 14.0. The Morgan fingerprint density at radius 2 is 1.69 bits per heavy atom. The van der Waals surface area contributed by atoms with Crippen molar-refractivity contribution in [3.63, 3.8) is 0 Å². The fourth-order valence-electron chi connectivity index (χ4n) is 3.12. The Balaban J connectivity index is 2.41. The Morgan fingerprint density at radius 1 is 1.06 bits per heavy atom. The number of rotatable bonds is 6. The molecule has 1 nitrogen and oxygen atoms in total. The summed E-state index contributed by atoms with van der Waals surface area (Å²) in [6.45, 7) is 8.39. The third-order valence-corrected chi connectivity index (χ3v) is 4.99.